The Balaban J connectivity index is 1.97. The molecule has 1 aliphatic heterocycles. The molecule has 3 aromatic rings. The molecule has 1 unspecified atom stereocenters. The van der Waals surface area contributed by atoms with Crippen molar-refractivity contribution >= 4 is 17.0 Å². The van der Waals surface area contributed by atoms with Gasteiger partial charge in [-0.25, -0.2) is 4.98 Å². The number of hydrogen-bond acceptors (Lipinski definition) is 5. The quantitative estimate of drug-likeness (QED) is 0.758. The van der Waals surface area contributed by atoms with E-state index in [0.717, 1.165) is 22.3 Å². The lowest BCUT2D eigenvalue weighted by Gasteiger charge is -2.27. The minimum absolute atomic E-state index is 0.329. The zero-order chi connectivity index (χ0) is 16.7. The number of methoxy groups -OCH3 is 1. The normalized spacial score (nSPS) is 16.4. The Bertz CT molecular complexity index is 994. The van der Waals surface area contributed by atoms with Gasteiger partial charge in [-0.1, -0.05) is 24.3 Å². The van der Waals surface area contributed by atoms with Crippen molar-refractivity contribution in [3.8, 4) is 11.8 Å². The van der Waals surface area contributed by atoms with Crippen LogP contribution in [0.1, 0.15) is 11.6 Å². The molecular weight excluding hydrogens is 302 g/mol. The first-order valence-electron chi connectivity index (χ1n) is 7.50. The lowest BCUT2D eigenvalue weighted by atomic mass is 9.97. The maximum atomic E-state index is 9.64. The fourth-order valence-corrected chi connectivity index (χ4v) is 3.08. The Morgan fingerprint density at radius 3 is 2.67 bits per heavy atom. The molecule has 0 amide bonds. The summed E-state index contributed by atoms with van der Waals surface area (Å²) in [5.74, 6) is 1.73. The van der Waals surface area contributed by atoms with Gasteiger partial charge in [-0.05, 0) is 29.8 Å². The molecule has 0 spiro atoms. The van der Waals surface area contributed by atoms with Gasteiger partial charge in [-0.2, -0.15) is 5.26 Å². The summed E-state index contributed by atoms with van der Waals surface area (Å²) >= 11 is 0. The molecule has 24 heavy (non-hydrogen) atoms. The van der Waals surface area contributed by atoms with Crippen LogP contribution in [-0.4, -0.2) is 16.7 Å². The highest BCUT2D eigenvalue weighted by atomic mass is 16.5. The maximum Gasteiger partial charge on any atom is 0.210 e. The molecule has 2 heterocycles. The molecule has 0 aliphatic carbocycles. The predicted molar refractivity (Wildman–Crippen MR) is 91.3 cm³/mol. The van der Waals surface area contributed by atoms with Crippen LogP contribution in [0.25, 0.3) is 11.0 Å². The number of ether oxygens (including phenoxy) is 1. The molecule has 0 fully saturated rings. The van der Waals surface area contributed by atoms with Gasteiger partial charge in [-0.15, -0.1) is 0 Å². The van der Waals surface area contributed by atoms with E-state index in [0.29, 0.717) is 17.3 Å². The summed E-state index contributed by atoms with van der Waals surface area (Å²) in [4.78, 5) is 4.59. The van der Waals surface area contributed by atoms with Crippen LogP contribution in [0.15, 0.2) is 59.9 Å². The number of fused-ring (bicyclic) bond motifs is 3. The van der Waals surface area contributed by atoms with Crippen molar-refractivity contribution in [3.05, 3.63) is 65.5 Å². The lowest BCUT2D eigenvalue weighted by molar-refractivity contribution is 0.414. The van der Waals surface area contributed by atoms with Crippen LogP contribution in [0, 0.1) is 11.3 Å². The molecule has 118 valence electrons. The van der Waals surface area contributed by atoms with Gasteiger partial charge in [0.15, 0.2) is 0 Å². The third-order valence-electron chi connectivity index (χ3n) is 4.22. The first-order chi connectivity index (χ1) is 11.7. The van der Waals surface area contributed by atoms with Crippen molar-refractivity contribution < 1.29 is 4.74 Å². The summed E-state index contributed by atoms with van der Waals surface area (Å²) in [6, 6.07) is 17.4. The van der Waals surface area contributed by atoms with Crippen LogP contribution in [0.5, 0.6) is 5.75 Å². The second-order valence-electron chi connectivity index (χ2n) is 5.53. The number of imidazole rings is 1. The standard InChI is InChI=1S/C18H15N5O/c1-24-12-8-6-11(7-9-12)16-13(10-19)17(20)22-18-21-14-4-2-3-5-15(14)23(16)18/h2-9,16H,20H2,1H3,(H,21,22). The second kappa shape index (κ2) is 5.32. The fourth-order valence-electron chi connectivity index (χ4n) is 3.08. The van der Waals surface area contributed by atoms with Crippen LogP contribution >= 0.6 is 0 Å². The molecule has 0 saturated carbocycles. The number of aromatic nitrogens is 2. The maximum absolute atomic E-state index is 9.64. The average molecular weight is 317 g/mol. The van der Waals surface area contributed by atoms with Crippen molar-refractivity contribution in [1.82, 2.24) is 9.55 Å². The van der Waals surface area contributed by atoms with Gasteiger partial charge in [0.05, 0.1) is 23.7 Å². The molecule has 1 aromatic heterocycles. The van der Waals surface area contributed by atoms with E-state index in [2.05, 4.69) is 16.4 Å². The van der Waals surface area contributed by atoms with Crippen LogP contribution in [0.2, 0.25) is 0 Å². The zero-order valence-corrected chi connectivity index (χ0v) is 13.0. The number of benzene rings is 2. The van der Waals surface area contributed by atoms with Crippen molar-refractivity contribution in [2.45, 2.75) is 6.04 Å². The molecule has 2 aromatic carbocycles. The number of nitriles is 1. The Labute approximate surface area is 138 Å². The molecule has 0 saturated heterocycles. The van der Waals surface area contributed by atoms with E-state index in [1.807, 2.05) is 53.1 Å². The molecule has 1 atom stereocenters. The van der Waals surface area contributed by atoms with Crippen molar-refractivity contribution in [2.24, 2.45) is 5.73 Å². The van der Waals surface area contributed by atoms with Crippen LogP contribution < -0.4 is 15.8 Å². The van der Waals surface area contributed by atoms with E-state index < -0.39 is 0 Å². The largest absolute Gasteiger partial charge is 0.497 e. The Morgan fingerprint density at radius 2 is 1.96 bits per heavy atom. The molecule has 0 radical (unpaired) electrons. The van der Waals surface area contributed by atoms with E-state index >= 15 is 0 Å². The SMILES string of the molecule is COc1ccc(C2C(C#N)=C(N)Nc3nc4ccccc4n32)cc1. The molecule has 3 N–H and O–H groups in total. The summed E-state index contributed by atoms with van der Waals surface area (Å²) in [5.41, 5.74) is 9.29. The number of anilines is 1. The van der Waals surface area contributed by atoms with E-state index in [9.17, 15) is 5.26 Å². The van der Waals surface area contributed by atoms with E-state index in [1.54, 1.807) is 7.11 Å². The molecule has 4 rings (SSSR count). The topological polar surface area (TPSA) is 88.9 Å². The van der Waals surface area contributed by atoms with Crippen LogP contribution in [0.3, 0.4) is 0 Å². The highest BCUT2D eigenvalue weighted by Crippen LogP contribution is 2.38. The van der Waals surface area contributed by atoms with Gasteiger partial charge in [0.25, 0.3) is 0 Å². The Kier molecular flexibility index (Phi) is 3.14. The van der Waals surface area contributed by atoms with Crippen molar-refractivity contribution in [1.29, 1.82) is 5.26 Å². The molecule has 1 aliphatic rings. The number of nitrogens with one attached hydrogen (secondary N) is 1. The second-order valence-corrected chi connectivity index (χ2v) is 5.53. The minimum Gasteiger partial charge on any atom is -0.497 e. The number of nitrogens with two attached hydrogens (primary N) is 1. The highest BCUT2D eigenvalue weighted by Gasteiger charge is 2.30. The minimum atomic E-state index is -0.329. The van der Waals surface area contributed by atoms with Crippen molar-refractivity contribution in [3.63, 3.8) is 0 Å². The van der Waals surface area contributed by atoms with Gasteiger partial charge in [0.1, 0.15) is 23.7 Å². The van der Waals surface area contributed by atoms with Gasteiger partial charge in [-0.3, -0.25) is 4.57 Å². The number of nitrogens with zero attached hydrogens (tertiary/aromatic N) is 3. The van der Waals surface area contributed by atoms with Crippen molar-refractivity contribution in [2.75, 3.05) is 12.4 Å². The van der Waals surface area contributed by atoms with Crippen LogP contribution in [0.4, 0.5) is 5.95 Å². The number of hydrogen-bond donors (Lipinski definition) is 2. The van der Waals surface area contributed by atoms with Gasteiger partial charge < -0.3 is 15.8 Å². The van der Waals surface area contributed by atoms with Gasteiger partial charge in [0, 0.05) is 0 Å². The van der Waals surface area contributed by atoms with Crippen LogP contribution in [-0.2, 0) is 0 Å². The first kappa shape index (κ1) is 14.2. The number of para-hydroxylation sites is 2. The highest BCUT2D eigenvalue weighted by molar-refractivity contribution is 5.80. The molecule has 0 bridgehead atoms. The molecule has 6 nitrogen and oxygen atoms in total. The average Bonchev–Trinajstić information content (AvgIpc) is 2.98. The first-order valence-corrected chi connectivity index (χ1v) is 7.50. The Morgan fingerprint density at radius 1 is 1.21 bits per heavy atom. The summed E-state index contributed by atoms with van der Waals surface area (Å²) in [5, 5.41) is 12.7. The van der Waals surface area contributed by atoms with E-state index in [4.69, 9.17) is 10.5 Å². The predicted octanol–water partition coefficient (Wildman–Crippen LogP) is 2.75. The van der Waals surface area contributed by atoms with Gasteiger partial charge in [0.2, 0.25) is 5.95 Å². The summed E-state index contributed by atoms with van der Waals surface area (Å²) in [6.45, 7) is 0. The zero-order valence-electron chi connectivity index (χ0n) is 13.0. The summed E-state index contributed by atoms with van der Waals surface area (Å²) < 4.78 is 7.23. The third-order valence-corrected chi connectivity index (χ3v) is 4.22. The monoisotopic (exact) mass is 317 g/mol. The Hall–Kier alpha value is -3.46. The smallest absolute Gasteiger partial charge is 0.210 e. The van der Waals surface area contributed by atoms with E-state index in [1.165, 1.54) is 0 Å². The summed E-state index contributed by atoms with van der Waals surface area (Å²) in [6.07, 6.45) is 0. The van der Waals surface area contributed by atoms with E-state index in [-0.39, 0.29) is 6.04 Å². The molecule has 6 heteroatoms. The number of allylic oxidation sites excluding steroid dienone is 1. The summed E-state index contributed by atoms with van der Waals surface area (Å²) in [7, 11) is 1.62. The molecular formula is C18H15N5O. The number of rotatable bonds is 2. The third kappa shape index (κ3) is 1.99. The lowest BCUT2D eigenvalue weighted by Crippen LogP contribution is -2.27. The van der Waals surface area contributed by atoms with Gasteiger partial charge >= 0.3 is 0 Å². The fraction of sp³-hybridized carbons (Fsp3) is 0.111.